The van der Waals surface area contributed by atoms with Gasteiger partial charge in [-0.2, -0.15) is 0 Å². The molecular formula is C20H13Cl2FO3. The highest BCUT2D eigenvalue weighted by atomic mass is 35.5. The lowest BCUT2D eigenvalue weighted by Gasteiger charge is -2.29. The second kappa shape index (κ2) is 6.38. The van der Waals surface area contributed by atoms with E-state index in [1.807, 2.05) is 12.1 Å². The van der Waals surface area contributed by atoms with Crippen LogP contribution in [0.1, 0.15) is 11.1 Å². The van der Waals surface area contributed by atoms with Crippen LogP contribution < -0.4 is 14.2 Å². The highest BCUT2D eigenvalue weighted by molar-refractivity contribution is 6.35. The summed E-state index contributed by atoms with van der Waals surface area (Å²) in [4.78, 5) is 0. The molecule has 4 rings (SSSR count). The number of hydrogen-bond donors (Lipinski definition) is 0. The topological polar surface area (TPSA) is 27.7 Å². The van der Waals surface area contributed by atoms with Gasteiger partial charge in [0, 0.05) is 16.7 Å². The van der Waals surface area contributed by atoms with Crippen molar-refractivity contribution >= 4 is 23.2 Å². The van der Waals surface area contributed by atoms with Crippen molar-refractivity contribution in [2.75, 3.05) is 7.11 Å². The van der Waals surface area contributed by atoms with Gasteiger partial charge >= 0.3 is 5.79 Å². The number of fused-ring (bicyclic) bond motifs is 1. The molecule has 3 nitrogen and oxygen atoms in total. The first-order valence-electron chi connectivity index (χ1n) is 7.79. The maximum absolute atomic E-state index is 13.7. The van der Waals surface area contributed by atoms with Gasteiger partial charge in [-0.3, -0.25) is 0 Å². The minimum absolute atomic E-state index is 0.298. The van der Waals surface area contributed by atoms with Gasteiger partial charge in [-0.15, -0.1) is 0 Å². The first-order chi connectivity index (χ1) is 12.5. The lowest BCUT2D eigenvalue weighted by Crippen LogP contribution is -2.37. The van der Waals surface area contributed by atoms with E-state index in [0.29, 0.717) is 38.4 Å². The Morgan fingerprint density at radius 3 is 2.31 bits per heavy atom. The molecular weight excluding hydrogens is 378 g/mol. The van der Waals surface area contributed by atoms with E-state index >= 15 is 0 Å². The summed E-state index contributed by atoms with van der Waals surface area (Å²) in [6, 6.07) is 16.4. The number of methoxy groups -OCH3 is 1. The highest BCUT2D eigenvalue weighted by Crippen LogP contribution is 2.49. The lowest BCUT2D eigenvalue weighted by molar-refractivity contribution is -0.0458. The highest BCUT2D eigenvalue weighted by Gasteiger charge is 2.47. The normalized spacial score (nSPS) is 18.0. The molecule has 1 aliphatic rings. The van der Waals surface area contributed by atoms with E-state index in [2.05, 4.69) is 0 Å². The molecule has 0 aliphatic carbocycles. The second-order valence-corrected chi connectivity index (χ2v) is 6.61. The molecule has 6 heteroatoms. The van der Waals surface area contributed by atoms with E-state index in [1.165, 1.54) is 18.2 Å². The van der Waals surface area contributed by atoms with Crippen molar-refractivity contribution in [3.8, 4) is 17.2 Å². The zero-order valence-corrected chi connectivity index (χ0v) is 15.1. The van der Waals surface area contributed by atoms with E-state index < -0.39 is 11.6 Å². The molecule has 1 aliphatic heterocycles. The van der Waals surface area contributed by atoms with Crippen molar-refractivity contribution in [3.63, 3.8) is 0 Å². The van der Waals surface area contributed by atoms with Crippen molar-refractivity contribution in [1.82, 2.24) is 0 Å². The van der Waals surface area contributed by atoms with Crippen molar-refractivity contribution in [3.05, 3.63) is 87.7 Å². The fourth-order valence-corrected chi connectivity index (χ4v) is 3.46. The average Bonchev–Trinajstić information content (AvgIpc) is 3.01. The third kappa shape index (κ3) is 2.75. The van der Waals surface area contributed by atoms with Gasteiger partial charge in [-0.1, -0.05) is 23.2 Å². The molecule has 0 aromatic heterocycles. The summed E-state index contributed by atoms with van der Waals surface area (Å²) in [5, 5.41) is 0.867. The Bertz CT molecular complexity index is 975. The van der Waals surface area contributed by atoms with Gasteiger partial charge in [0.1, 0.15) is 11.6 Å². The first kappa shape index (κ1) is 17.0. The third-order valence-electron chi connectivity index (χ3n) is 4.17. The molecule has 3 aromatic carbocycles. The minimum atomic E-state index is -1.36. The minimum Gasteiger partial charge on any atom is -0.497 e. The molecule has 3 aromatic rings. The molecule has 0 fully saturated rings. The fourth-order valence-electron chi connectivity index (χ4n) is 2.93. The van der Waals surface area contributed by atoms with Crippen LogP contribution in [0, 0.1) is 5.82 Å². The summed E-state index contributed by atoms with van der Waals surface area (Å²) in [6.45, 7) is 0. The van der Waals surface area contributed by atoms with Gasteiger partial charge in [0.05, 0.1) is 17.7 Å². The molecule has 0 saturated carbocycles. The zero-order chi connectivity index (χ0) is 18.3. The van der Waals surface area contributed by atoms with Crippen LogP contribution in [-0.4, -0.2) is 7.11 Å². The van der Waals surface area contributed by atoms with Crippen molar-refractivity contribution in [2.45, 2.75) is 5.79 Å². The molecule has 1 heterocycles. The third-order valence-corrected chi connectivity index (χ3v) is 4.72. The molecule has 0 saturated heterocycles. The van der Waals surface area contributed by atoms with Gasteiger partial charge in [-0.25, -0.2) is 4.39 Å². The SMILES string of the molecule is COc1ccc(C2(c3ccc(Cl)cc3Cl)Oc3ccc(F)cc3O2)cc1. The van der Waals surface area contributed by atoms with Gasteiger partial charge < -0.3 is 14.2 Å². The van der Waals surface area contributed by atoms with E-state index in [1.54, 1.807) is 37.4 Å². The lowest BCUT2D eigenvalue weighted by atomic mass is 9.97. The molecule has 0 N–H and O–H groups in total. The Hall–Kier alpha value is -2.43. The van der Waals surface area contributed by atoms with Crippen LogP contribution in [0.15, 0.2) is 60.7 Å². The summed E-state index contributed by atoms with van der Waals surface area (Å²) < 4.78 is 31.1. The van der Waals surface area contributed by atoms with Crippen LogP contribution in [0.5, 0.6) is 17.2 Å². The second-order valence-electron chi connectivity index (χ2n) is 5.76. The summed E-state index contributed by atoms with van der Waals surface area (Å²) in [5.74, 6) is -0.364. The van der Waals surface area contributed by atoms with Gasteiger partial charge in [-0.05, 0) is 54.6 Å². The van der Waals surface area contributed by atoms with Crippen LogP contribution in [0.25, 0.3) is 0 Å². The molecule has 132 valence electrons. The summed E-state index contributed by atoms with van der Waals surface area (Å²) in [6.07, 6.45) is 0. The van der Waals surface area contributed by atoms with Crippen LogP contribution in [0.3, 0.4) is 0 Å². The number of ether oxygens (including phenoxy) is 3. The van der Waals surface area contributed by atoms with Crippen LogP contribution in [-0.2, 0) is 5.79 Å². The number of rotatable bonds is 3. The average molecular weight is 391 g/mol. The molecule has 0 radical (unpaired) electrons. The Kier molecular flexibility index (Phi) is 4.17. The van der Waals surface area contributed by atoms with Crippen molar-refractivity contribution in [2.24, 2.45) is 0 Å². The molecule has 1 unspecified atom stereocenters. The number of hydrogen-bond acceptors (Lipinski definition) is 3. The summed E-state index contributed by atoms with van der Waals surface area (Å²) in [7, 11) is 1.59. The first-order valence-corrected chi connectivity index (χ1v) is 8.55. The maximum atomic E-state index is 13.7. The van der Waals surface area contributed by atoms with E-state index in [-0.39, 0.29) is 0 Å². The van der Waals surface area contributed by atoms with Gasteiger partial charge in [0.2, 0.25) is 0 Å². The number of benzene rings is 3. The predicted molar refractivity (Wildman–Crippen MR) is 97.9 cm³/mol. The quantitative estimate of drug-likeness (QED) is 0.564. The maximum Gasteiger partial charge on any atom is 0.307 e. The largest absolute Gasteiger partial charge is 0.497 e. The smallest absolute Gasteiger partial charge is 0.307 e. The predicted octanol–water partition coefficient (Wildman–Crippen LogP) is 5.81. The Balaban J connectivity index is 1.90. The van der Waals surface area contributed by atoms with Crippen LogP contribution >= 0.6 is 23.2 Å². The van der Waals surface area contributed by atoms with E-state index in [4.69, 9.17) is 37.4 Å². The summed E-state index contributed by atoms with van der Waals surface area (Å²) >= 11 is 12.5. The van der Waals surface area contributed by atoms with Crippen molar-refractivity contribution < 1.29 is 18.6 Å². The standard InChI is InChI=1S/C20H13Cl2FO3/c1-24-15-6-2-12(3-7-15)20(16-8-4-13(21)10-17(16)22)25-18-9-5-14(23)11-19(18)26-20/h2-11H,1H3. The van der Waals surface area contributed by atoms with Gasteiger partial charge in [0.25, 0.3) is 0 Å². The molecule has 26 heavy (non-hydrogen) atoms. The van der Waals surface area contributed by atoms with E-state index in [0.717, 1.165) is 0 Å². The molecule has 0 amide bonds. The summed E-state index contributed by atoms with van der Waals surface area (Å²) in [5.41, 5.74) is 1.24. The van der Waals surface area contributed by atoms with Crippen LogP contribution in [0.2, 0.25) is 10.0 Å². The van der Waals surface area contributed by atoms with Crippen LogP contribution in [0.4, 0.5) is 4.39 Å². The zero-order valence-electron chi connectivity index (χ0n) is 13.6. The molecule has 0 spiro atoms. The Morgan fingerprint density at radius 1 is 0.885 bits per heavy atom. The van der Waals surface area contributed by atoms with Gasteiger partial charge in [0.15, 0.2) is 11.5 Å². The van der Waals surface area contributed by atoms with Crippen molar-refractivity contribution in [1.29, 1.82) is 0 Å². The molecule has 0 bridgehead atoms. The Morgan fingerprint density at radius 2 is 1.62 bits per heavy atom. The fraction of sp³-hybridized carbons (Fsp3) is 0.100. The number of halogens is 3. The van der Waals surface area contributed by atoms with E-state index in [9.17, 15) is 4.39 Å². The monoisotopic (exact) mass is 390 g/mol. The Labute approximate surface area is 159 Å². The molecule has 1 atom stereocenters.